The minimum Gasteiger partial charge on any atom is -0.369 e. The normalized spacial score (nSPS) is 17.0. The van der Waals surface area contributed by atoms with Gasteiger partial charge in [0.05, 0.1) is 0 Å². The van der Waals surface area contributed by atoms with Gasteiger partial charge in [0.25, 0.3) is 0 Å². The van der Waals surface area contributed by atoms with Gasteiger partial charge in [0, 0.05) is 31.9 Å². The van der Waals surface area contributed by atoms with Gasteiger partial charge in [-0.2, -0.15) is 0 Å². The van der Waals surface area contributed by atoms with Crippen LogP contribution in [0.5, 0.6) is 0 Å². The largest absolute Gasteiger partial charge is 0.369 e. The van der Waals surface area contributed by atoms with Gasteiger partial charge in [-0.3, -0.25) is 4.90 Å². The molecule has 1 atom stereocenters. The molecule has 1 aromatic carbocycles. The van der Waals surface area contributed by atoms with E-state index < -0.39 is 11.0 Å². The molecule has 0 radical (unpaired) electrons. The lowest BCUT2D eigenvalue weighted by Crippen LogP contribution is -2.48. The topological polar surface area (TPSA) is 95.4 Å². The predicted molar refractivity (Wildman–Crippen MR) is 84.3 cm³/mol. The SMILES string of the molecule is O=CC(c1ncc([N+](=O)[O-])[nH]1)N1CCN(c2ccccc2)CC1. The predicted octanol–water partition coefficient (Wildman–Crippen LogP) is 1.38. The molecule has 0 saturated carbocycles. The number of carbonyl (C=O) groups excluding carboxylic acids is 1. The molecule has 2 aromatic rings. The maximum absolute atomic E-state index is 11.5. The fourth-order valence-electron chi connectivity index (χ4n) is 2.79. The number of nitrogens with zero attached hydrogens (tertiary/aromatic N) is 4. The minimum absolute atomic E-state index is 0.199. The van der Waals surface area contributed by atoms with Crippen LogP contribution in [-0.4, -0.2) is 52.3 Å². The van der Waals surface area contributed by atoms with E-state index in [1.54, 1.807) is 0 Å². The number of carbonyl (C=O) groups is 1. The molecule has 0 aliphatic carbocycles. The Bertz CT molecular complexity index is 679. The van der Waals surface area contributed by atoms with Crippen LogP contribution >= 0.6 is 0 Å². The highest BCUT2D eigenvalue weighted by Gasteiger charge is 2.29. The van der Waals surface area contributed by atoms with Crippen molar-refractivity contribution >= 4 is 17.8 Å². The zero-order valence-corrected chi connectivity index (χ0v) is 12.5. The molecule has 1 aliphatic rings. The molecule has 120 valence electrons. The van der Waals surface area contributed by atoms with E-state index >= 15 is 0 Å². The van der Waals surface area contributed by atoms with Crippen LogP contribution in [0.1, 0.15) is 11.9 Å². The Morgan fingerprint density at radius 3 is 2.48 bits per heavy atom. The highest BCUT2D eigenvalue weighted by molar-refractivity contribution is 5.60. The molecular weight excluding hydrogens is 298 g/mol. The van der Waals surface area contributed by atoms with Crippen molar-refractivity contribution in [2.75, 3.05) is 31.1 Å². The van der Waals surface area contributed by atoms with Gasteiger partial charge in [0.1, 0.15) is 18.5 Å². The van der Waals surface area contributed by atoms with E-state index in [9.17, 15) is 14.9 Å². The Hall–Kier alpha value is -2.74. The van der Waals surface area contributed by atoms with E-state index in [0.29, 0.717) is 18.9 Å². The van der Waals surface area contributed by atoms with Gasteiger partial charge in [0.2, 0.25) is 5.82 Å². The van der Waals surface area contributed by atoms with Gasteiger partial charge < -0.3 is 19.8 Å². The summed E-state index contributed by atoms with van der Waals surface area (Å²) in [6.07, 6.45) is 1.92. The lowest BCUT2D eigenvalue weighted by atomic mass is 10.2. The molecule has 0 spiro atoms. The van der Waals surface area contributed by atoms with Crippen LogP contribution in [0.15, 0.2) is 36.5 Å². The third kappa shape index (κ3) is 3.21. The molecule has 8 nitrogen and oxygen atoms in total. The lowest BCUT2D eigenvalue weighted by Gasteiger charge is -2.37. The molecule has 1 aromatic heterocycles. The van der Waals surface area contributed by atoms with Gasteiger partial charge in [-0.05, 0) is 17.1 Å². The van der Waals surface area contributed by atoms with E-state index in [2.05, 4.69) is 27.0 Å². The summed E-state index contributed by atoms with van der Waals surface area (Å²) in [6, 6.07) is 9.51. The Kier molecular flexibility index (Phi) is 4.33. The summed E-state index contributed by atoms with van der Waals surface area (Å²) < 4.78 is 0. The van der Waals surface area contributed by atoms with Crippen LogP contribution in [0.3, 0.4) is 0 Å². The van der Waals surface area contributed by atoms with Gasteiger partial charge >= 0.3 is 5.82 Å². The Morgan fingerprint density at radius 2 is 1.91 bits per heavy atom. The third-order valence-electron chi connectivity index (χ3n) is 4.02. The summed E-state index contributed by atoms with van der Waals surface area (Å²) in [5.74, 6) is 0.120. The number of hydrogen-bond acceptors (Lipinski definition) is 6. The van der Waals surface area contributed by atoms with Crippen molar-refractivity contribution in [1.29, 1.82) is 0 Å². The highest BCUT2D eigenvalue weighted by Crippen LogP contribution is 2.22. The number of hydrogen-bond donors (Lipinski definition) is 1. The van der Waals surface area contributed by atoms with Gasteiger partial charge in [-0.15, -0.1) is 0 Å². The zero-order chi connectivity index (χ0) is 16.2. The van der Waals surface area contributed by atoms with Crippen LogP contribution in [0, 0.1) is 10.1 Å². The summed E-state index contributed by atoms with van der Waals surface area (Å²) in [5, 5.41) is 10.7. The number of anilines is 1. The average molecular weight is 315 g/mol. The lowest BCUT2D eigenvalue weighted by molar-refractivity contribution is -0.389. The number of nitro groups is 1. The number of aldehydes is 1. The number of para-hydroxylation sites is 1. The van der Waals surface area contributed by atoms with Crippen LogP contribution in [0.25, 0.3) is 0 Å². The van der Waals surface area contributed by atoms with Crippen molar-refractivity contribution < 1.29 is 9.72 Å². The molecule has 1 N–H and O–H groups in total. The Balaban J connectivity index is 1.67. The number of aromatic nitrogens is 2. The smallest absolute Gasteiger partial charge is 0.340 e. The number of rotatable bonds is 5. The van der Waals surface area contributed by atoms with Gasteiger partial charge in [0.15, 0.2) is 0 Å². The van der Waals surface area contributed by atoms with Crippen LogP contribution < -0.4 is 4.90 Å². The van der Waals surface area contributed by atoms with Crippen molar-refractivity contribution in [2.45, 2.75) is 6.04 Å². The molecule has 1 fully saturated rings. The van der Waals surface area contributed by atoms with E-state index in [0.717, 1.165) is 31.3 Å². The maximum atomic E-state index is 11.5. The second-order valence-electron chi connectivity index (χ2n) is 5.35. The number of piperazine rings is 1. The molecule has 1 unspecified atom stereocenters. The summed E-state index contributed by atoms with van der Waals surface area (Å²) in [5.41, 5.74) is 1.16. The standard InChI is InChI=1S/C15H17N5O3/c21-11-13(15-16-10-14(17-15)20(22)23)19-8-6-18(7-9-19)12-4-2-1-3-5-12/h1-5,10-11,13H,6-9H2,(H,16,17). The molecule has 3 rings (SSSR count). The van der Waals surface area contributed by atoms with E-state index in [-0.39, 0.29) is 5.82 Å². The fraction of sp³-hybridized carbons (Fsp3) is 0.333. The van der Waals surface area contributed by atoms with Crippen LogP contribution in [-0.2, 0) is 4.79 Å². The fourth-order valence-corrected chi connectivity index (χ4v) is 2.79. The first kappa shape index (κ1) is 15.2. The number of nitrogens with one attached hydrogen (secondary N) is 1. The second kappa shape index (κ2) is 6.57. The van der Waals surface area contributed by atoms with Crippen molar-refractivity contribution in [2.24, 2.45) is 0 Å². The monoisotopic (exact) mass is 315 g/mol. The zero-order valence-electron chi connectivity index (χ0n) is 12.5. The second-order valence-corrected chi connectivity index (χ2v) is 5.35. The molecule has 8 heteroatoms. The highest BCUT2D eigenvalue weighted by atomic mass is 16.6. The van der Waals surface area contributed by atoms with E-state index in [4.69, 9.17) is 0 Å². The van der Waals surface area contributed by atoms with Gasteiger partial charge in [-0.1, -0.05) is 18.2 Å². The molecule has 0 bridgehead atoms. The van der Waals surface area contributed by atoms with Crippen molar-refractivity contribution in [3.8, 4) is 0 Å². The number of imidazole rings is 1. The maximum Gasteiger partial charge on any atom is 0.340 e. The van der Waals surface area contributed by atoms with E-state index in [1.165, 1.54) is 0 Å². The molecule has 0 amide bonds. The van der Waals surface area contributed by atoms with Crippen molar-refractivity contribution in [3.05, 3.63) is 52.5 Å². The molecule has 2 heterocycles. The van der Waals surface area contributed by atoms with Crippen molar-refractivity contribution in [3.63, 3.8) is 0 Å². The van der Waals surface area contributed by atoms with Crippen LogP contribution in [0.4, 0.5) is 11.5 Å². The van der Waals surface area contributed by atoms with E-state index in [1.807, 2.05) is 23.1 Å². The Morgan fingerprint density at radius 1 is 1.22 bits per heavy atom. The third-order valence-corrected chi connectivity index (χ3v) is 4.02. The summed E-state index contributed by atoms with van der Waals surface area (Å²) in [4.78, 5) is 32.4. The van der Waals surface area contributed by atoms with Crippen molar-refractivity contribution in [1.82, 2.24) is 14.9 Å². The summed E-state index contributed by atoms with van der Waals surface area (Å²) >= 11 is 0. The first-order valence-electron chi connectivity index (χ1n) is 7.37. The first-order valence-corrected chi connectivity index (χ1v) is 7.37. The first-order chi connectivity index (χ1) is 11.2. The molecular formula is C15H17N5O3. The molecule has 1 saturated heterocycles. The Labute approximate surface area is 132 Å². The number of aromatic amines is 1. The van der Waals surface area contributed by atoms with Crippen LogP contribution in [0.2, 0.25) is 0 Å². The number of benzene rings is 1. The average Bonchev–Trinajstić information content (AvgIpc) is 3.07. The number of H-pyrrole nitrogens is 1. The van der Waals surface area contributed by atoms with Gasteiger partial charge in [-0.25, -0.2) is 9.97 Å². The minimum atomic E-state index is -0.582. The quantitative estimate of drug-likeness (QED) is 0.509. The summed E-state index contributed by atoms with van der Waals surface area (Å²) in [7, 11) is 0. The summed E-state index contributed by atoms with van der Waals surface area (Å²) in [6.45, 7) is 2.95. The molecule has 1 aliphatic heterocycles. The molecule has 23 heavy (non-hydrogen) atoms.